The molecule has 2 aromatic rings. The first-order chi connectivity index (χ1) is 14.8. The number of hydrogen-bond acceptors (Lipinski definition) is 5. The second kappa shape index (κ2) is 8.74. The van der Waals surface area contributed by atoms with E-state index in [1.807, 2.05) is 6.07 Å². The van der Waals surface area contributed by atoms with Gasteiger partial charge in [0.2, 0.25) is 15.9 Å². The molecule has 1 aromatic carbocycles. The van der Waals surface area contributed by atoms with Gasteiger partial charge in [0, 0.05) is 31.0 Å². The summed E-state index contributed by atoms with van der Waals surface area (Å²) in [6.07, 6.45) is 5.59. The number of carbonyl (C=O) groups excluding carboxylic acids is 1. The van der Waals surface area contributed by atoms with Crippen molar-refractivity contribution in [3.8, 4) is 0 Å². The molecule has 0 atom stereocenters. The fraction of sp³-hybridized carbons (Fsp3) is 0.565. The number of nitrogens with zero attached hydrogens (tertiary/aromatic N) is 2. The van der Waals surface area contributed by atoms with Crippen molar-refractivity contribution in [3.63, 3.8) is 0 Å². The molecule has 31 heavy (non-hydrogen) atoms. The summed E-state index contributed by atoms with van der Waals surface area (Å²) in [5, 5.41) is 6.97. The lowest BCUT2D eigenvalue weighted by atomic mass is 9.78. The Morgan fingerprint density at radius 3 is 2.39 bits per heavy atom. The molecular weight excluding hydrogens is 414 g/mol. The molecule has 1 aromatic heterocycles. The zero-order valence-corrected chi connectivity index (χ0v) is 19.1. The summed E-state index contributed by atoms with van der Waals surface area (Å²) in [7, 11) is -3.65. The van der Waals surface area contributed by atoms with Crippen molar-refractivity contribution < 1.29 is 17.7 Å². The Hall–Kier alpha value is -2.19. The Morgan fingerprint density at radius 2 is 1.81 bits per heavy atom. The van der Waals surface area contributed by atoms with E-state index in [0.29, 0.717) is 43.9 Å². The van der Waals surface area contributed by atoms with Gasteiger partial charge < -0.3 is 9.84 Å². The minimum atomic E-state index is -3.65. The van der Waals surface area contributed by atoms with Crippen LogP contribution >= 0.6 is 0 Å². The molecule has 1 saturated heterocycles. The number of rotatable bonds is 6. The fourth-order valence-corrected chi connectivity index (χ4v) is 6.90. The van der Waals surface area contributed by atoms with Gasteiger partial charge >= 0.3 is 0 Å². The molecule has 1 aliphatic heterocycles. The van der Waals surface area contributed by atoms with Gasteiger partial charge in [-0.15, -0.1) is 0 Å². The second-order valence-corrected chi connectivity index (χ2v) is 10.8. The van der Waals surface area contributed by atoms with Crippen molar-refractivity contribution in [2.24, 2.45) is 5.92 Å². The van der Waals surface area contributed by atoms with E-state index < -0.39 is 10.0 Å². The maximum Gasteiger partial charge on any atom is 0.248 e. The lowest BCUT2D eigenvalue weighted by Gasteiger charge is -2.33. The van der Waals surface area contributed by atoms with Crippen LogP contribution in [0.4, 0.5) is 0 Å². The first-order valence-corrected chi connectivity index (χ1v) is 12.5. The molecule has 8 heteroatoms. The van der Waals surface area contributed by atoms with E-state index in [1.54, 1.807) is 13.8 Å². The number of aryl methyl sites for hydroxylation is 2. The van der Waals surface area contributed by atoms with Gasteiger partial charge in [0.05, 0.1) is 0 Å². The Bertz CT molecular complexity index is 999. The largest absolute Gasteiger partial charge is 0.360 e. The van der Waals surface area contributed by atoms with Crippen molar-refractivity contribution in [2.75, 3.05) is 19.6 Å². The predicted octanol–water partition coefficient (Wildman–Crippen LogP) is 3.32. The third-order valence-corrected chi connectivity index (χ3v) is 9.08. The Morgan fingerprint density at radius 1 is 1.16 bits per heavy atom. The van der Waals surface area contributed by atoms with Gasteiger partial charge in [-0.25, -0.2) is 8.42 Å². The number of amides is 1. The fourth-order valence-electron chi connectivity index (χ4n) is 5.14. The molecule has 4 rings (SSSR count). The van der Waals surface area contributed by atoms with Gasteiger partial charge in [0.1, 0.15) is 10.6 Å². The van der Waals surface area contributed by atoms with Gasteiger partial charge in [0.15, 0.2) is 5.76 Å². The van der Waals surface area contributed by atoms with Crippen LogP contribution in [0.5, 0.6) is 0 Å². The summed E-state index contributed by atoms with van der Waals surface area (Å²) in [4.78, 5) is 13.1. The number of carbonyl (C=O) groups is 1. The van der Waals surface area contributed by atoms with Crippen molar-refractivity contribution in [1.29, 1.82) is 0 Å². The summed E-state index contributed by atoms with van der Waals surface area (Å²) in [5.41, 5.74) is 1.69. The number of benzene rings is 1. The van der Waals surface area contributed by atoms with E-state index >= 15 is 0 Å². The molecule has 1 N–H and O–H groups in total. The molecule has 0 unspecified atom stereocenters. The summed E-state index contributed by atoms with van der Waals surface area (Å²) >= 11 is 0. The molecule has 1 saturated carbocycles. The maximum atomic E-state index is 13.0. The SMILES string of the molecule is Cc1noc(C)c1S(=O)(=O)N1CCC(C(=O)NCC2(c3ccccc3)CCCC2)CC1. The number of nitrogens with one attached hydrogen (secondary N) is 1. The van der Waals surface area contributed by atoms with Crippen LogP contribution in [0, 0.1) is 19.8 Å². The standard InChI is InChI=1S/C23H31N3O4S/c1-17-21(18(2)30-25-17)31(28,29)26-14-10-19(11-15-26)22(27)24-16-23(12-6-7-13-23)20-8-4-3-5-9-20/h3-5,8-9,19H,6-7,10-16H2,1-2H3,(H,24,27). The van der Waals surface area contributed by atoms with E-state index in [4.69, 9.17) is 4.52 Å². The van der Waals surface area contributed by atoms with Crippen LogP contribution in [-0.2, 0) is 20.2 Å². The number of piperidine rings is 1. The third-order valence-electron chi connectivity index (χ3n) is 6.94. The quantitative estimate of drug-likeness (QED) is 0.736. The molecule has 0 radical (unpaired) electrons. The van der Waals surface area contributed by atoms with Gasteiger partial charge in [-0.2, -0.15) is 4.31 Å². The van der Waals surface area contributed by atoms with Crippen LogP contribution in [0.1, 0.15) is 55.5 Å². The second-order valence-electron chi connectivity index (χ2n) is 8.90. The average molecular weight is 446 g/mol. The molecular formula is C23H31N3O4S. The van der Waals surface area contributed by atoms with Gasteiger partial charge in [-0.3, -0.25) is 4.79 Å². The van der Waals surface area contributed by atoms with Crippen LogP contribution in [0.15, 0.2) is 39.8 Å². The van der Waals surface area contributed by atoms with E-state index in [0.717, 1.165) is 12.8 Å². The minimum Gasteiger partial charge on any atom is -0.360 e. The highest BCUT2D eigenvalue weighted by Gasteiger charge is 2.38. The molecule has 7 nitrogen and oxygen atoms in total. The lowest BCUT2D eigenvalue weighted by molar-refractivity contribution is -0.126. The third kappa shape index (κ3) is 4.28. The Kier molecular flexibility index (Phi) is 6.21. The highest BCUT2D eigenvalue weighted by molar-refractivity contribution is 7.89. The van der Waals surface area contributed by atoms with E-state index in [2.05, 4.69) is 34.7 Å². The molecule has 2 heterocycles. The minimum absolute atomic E-state index is 0.0182. The van der Waals surface area contributed by atoms with E-state index in [-0.39, 0.29) is 22.1 Å². The summed E-state index contributed by atoms with van der Waals surface area (Å²) in [6, 6.07) is 10.5. The lowest BCUT2D eigenvalue weighted by Crippen LogP contribution is -2.46. The Balaban J connectivity index is 1.36. The van der Waals surface area contributed by atoms with E-state index in [1.165, 1.54) is 22.7 Å². The molecule has 1 aliphatic carbocycles. The highest BCUT2D eigenvalue weighted by atomic mass is 32.2. The van der Waals surface area contributed by atoms with Gasteiger partial charge in [-0.05, 0) is 45.1 Å². The smallest absolute Gasteiger partial charge is 0.248 e. The molecule has 0 spiro atoms. The van der Waals surface area contributed by atoms with Gasteiger partial charge in [-0.1, -0.05) is 48.3 Å². The molecule has 2 aliphatic rings. The van der Waals surface area contributed by atoms with Crippen molar-refractivity contribution in [3.05, 3.63) is 47.3 Å². The highest BCUT2D eigenvalue weighted by Crippen LogP contribution is 2.40. The molecule has 0 bridgehead atoms. The number of sulfonamides is 1. The normalized spacial score (nSPS) is 20.1. The molecule has 168 valence electrons. The number of hydrogen-bond donors (Lipinski definition) is 1. The van der Waals surface area contributed by atoms with Crippen molar-refractivity contribution in [2.45, 2.75) is 62.7 Å². The topological polar surface area (TPSA) is 92.5 Å². The van der Waals surface area contributed by atoms with Crippen LogP contribution < -0.4 is 5.32 Å². The van der Waals surface area contributed by atoms with Crippen LogP contribution in [-0.4, -0.2) is 43.4 Å². The summed E-state index contributed by atoms with van der Waals surface area (Å²) in [6.45, 7) is 4.55. The van der Waals surface area contributed by atoms with Crippen LogP contribution in [0.25, 0.3) is 0 Å². The maximum absolute atomic E-state index is 13.0. The molecule has 2 fully saturated rings. The van der Waals surface area contributed by atoms with Crippen LogP contribution in [0.3, 0.4) is 0 Å². The number of aromatic nitrogens is 1. The predicted molar refractivity (Wildman–Crippen MR) is 117 cm³/mol. The molecule has 1 amide bonds. The summed E-state index contributed by atoms with van der Waals surface area (Å²) in [5.74, 6) is 0.182. The average Bonchev–Trinajstić information content (AvgIpc) is 3.40. The Labute approximate surface area is 184 Å². The first-order valence-electron chi connectivity index (χ1n) is 11.1. The first kappa shape index (κ1) is 22.0. The monoisotopic (exact) mass is 445 g/mol. The van der Waals surface area contributed by atoms with Gasteiger partial charge in [0.25, 0.3) is 0 Å². The van der Waals surface area contributed by atoms with E-state index in [9.17, 15) is 13.2 Å². The zero-order valence-electron chi connectivity index (χ0n) is 18.3. The zero-order chi connectivity index (χ0) is 22.1. The van der Waals surface area contributed by atoms with Crippen molar-refractivity contribution in [1.82, 2.24) is 14.8 Å². The summed E-state index contributed by atoms with van der Waals surface area (Å²) < 4.78 is 32.5. The van der Waals surface area contributed by atoms with Crippen LogP contribution in [0.2, 0.25) is 0 Å². The van der Waals surface area contributed by atoms with Crippen molar-refractivity contribution >= 4 is 15.9 Å².